The number of carbonyl (C=O) groups is 1. The lowest BCUT2D eigenvalue weighted by Gasteiger charge is -2.21. The smallest absolute Gasteiger partial charge is 0.249 e. The zero-order valence-electron chi connectivity index (χ0n) is 38.5. The van der Waals surface area contributed by atoms with E-state index in [0.717, 1.165) is 32.1 Å². The molecule has 0 aromatic rings. The molecule has 0 bridgehead atoms. The first kappa shape index (κ1) is 55.8. The number of carbonyl (C=O) groups excluding carboxylic acids is 1. The van der Waals surface area contributed by atoms with Gasteiger partial charge in [-0.3, -0.25) is 4.79 Å². The summed E-state index contributed by atoms with van der Waals surface area (Å²) < 4.78 is 0. The van der Waals surface area contributed by atoms with Crippen LogP contribution in [0.3, 0.4) is 0 Å². The minimum atomic E-state index is -1.10. The van der Waals surface area contributed by atoms with Crippen molar-refractivity contribution >= 4 is 5.91 Å². The van der Waals surface area contributed by atoms with E-state index in [9.17, 15) is 20.1 Å². The number of aliphatic hydroxyl groups is 3. The van der Waals surface area contributed by atoms with Crippen molar-refractivity contribution in [1.82, 2.24) is 5.32 Å². The third-order valence-corrected chi connectivity index (χ3v) is 12.0. The average molecular weight is 804 g/mol. The Morgan fingerprint density at radius 1 is 0.421 bits per heavy atom. The molecule has 0 saturated carbocycles. The molecule has 5 nitrogen and oxygen atoms in total. The van der Waals surface area contributed by atoms with Crippen molar-refractivity contribution in [3.05, 3.63) is 24.3 Å². The Morgan fingerprint density at radius 2 is 0.702 bits per heavy atom. The summed E-state index contributed by atoms with van der Waals surface area (Å²) in [5.74, 6) is -0.502. The number of allylic oxidation sites excluding steroid dienone is 3. The van der Waals surface area contributed by atoms with Gasteiger partial charge < -0.3 is 20.6 Å². The molecule has 3 unspecified atom stereocenters. The minimum absolute atomic E-state index is 0.362. The number of aliphatic hydroxyl groups excluding tert-OH is 3. The molecule has 0 spiro atoms. The average Bonchev–Trinajstić information content (AvgIpc) is 3.22. The van der Waals surface area contributed by atoms with E-state index in [4.69, 9.17) is 0 Å². The zero-order valence-corrected chi connectivity index (χ0v) is 38.5. The van der Waals surface area contributed by atoms with Crippen LogP contribution in [0.1, 0.15) is 277 Å². The van der Waals surface area contributed by atoms with E-state index >= 15 is 0 Å². The summed E-state index contributed by atoms with van der Waals surface area (Å²) in [6, 6.07) is -0.798. The van der Waals surface area contributed by atoms with Gasteiger partial charge in [0.2, 0.25) is 5.91 Å². The van der Waals surface area contributed by atoms with Crippen molar-refractivity contribution in [2.24, 2.45) is 0 Å². The van der Waals surface area contributed by atoms with Gasteiger partial charge in [-0.25, -0.2) is 0 Å². The van der Waals surface area contributed by atoms with Crippen LogP contribution < -0.4 is 5.32 Å². The molecule has 57 heavy (non-hydrogen) atoms. The molecule has 0 fully saturated rings. The second-order valence-corrected chi connectivity index (χ2v) is 17.7. The van der Waals surface area contributed by atoms with Crippen LogP contribution in [0.25, 0.3) is 0 Å². The van der Waals surface area contributed by atoms with E-state index in [0.29, 0.717) is 6.42 Å². The Labute approximate surface area is 356 Å². The van der Waals surface area contributed by atoms with Gasteiger partial charge >= 0.3 is 0 Å². The predicted octanol–water partition coefficient (Wildman–Crippen LogP) is 15.3. The predicted molar refractivity (Wildman–Crippen MR) is 250 cm³/mol. The van der Waals surface area contributed by atoms with E-state index in [1.54, 1.807) is 6.08 Å². The van der Waals surface area contributed by atoms with Crippen molar-refractivity contribution in [3.63, 3.8) is 0 Å². The highest BCUT2D eigenvalue weighted by Gasteiger charge is 2.22. The van der Waals surface area contributed by atoms with Crippen LogP contribution in [-0.4, -0.2) is 46.1 Å². The van der Waals surface area contributed by atoms with Crippen LogP contribution in [-0.2, 0) is 4.79 Å². The lowest BCUT2D eigenvalue weighted by atomic mass is 10.0. The molecule has 4 N–H and O–H groups in total. The van der Waals surface area contributed by atoms with Crippen molar-refractivity contribution in [2.75, 3.05) is 6.61 Å². The Bertz CT molecular complexity index is 844. The largest absolute Gasteiger partial charge is 0.394 e. The van der Waals surface area contributed by atoms with Gasteiger partial charge in [-0.15, -0.1) is 0 Å². The molecule has 0 aliphatic rings. The van der Waals surface area contributed by atoms with Gasteiger partial charge in [-0.05, 0) is 44.9 Å². The fraction of sp³-hybridized carbons (Fsp3) is 0.904. The van der Waals surface area contributed by atoms with E-state index in [-0.39, 0.29) is 6.61 Å². The fourth-order valence-electron chi connectivity index (χ4n) is 8.01. The molecule has 1 amide bonds. The second-order valence-electron chi connectivity index (χ2n) is 17.7. The van der Waals surface area contributed by atoms with E-state index in [1.165, 1.54) is 225 Å². The van der Waals surface area contributed by atoms with E-state index in [1.807, 2.05) is 6.08 Å². The van der Waals surface area contributed by atoms with Crippen molar-refractivity contribution in [3.8, 4) is 0 Å². The molecule has 0 aromatic carbocycles. The number of hydrogen-bond acceptors (Lipinski definition) is 4. The molecule has 338 valence electrons. The first-order valence-electron chi connectivity index (χ1n) is 25.7. The molecule has 0 saturated heterocycles. The van der Waals surface area contributed by atoms with Crippen LogP contribution >= 0.6 is 0 Å². The Kier molecular flexibility index (Phi) is 46.5. The first-order chi connectivity index (χ1) is 28.1. The van der Waals surface area contributed by atoms with Gasteiger partial charge in [0.05, 0.1) is 18.8 Å². The van der Waals surface area contributed by atoms with Gasteiger partial charge in [0.25, 0.3) is 0 Å². The molecule has 0 rings (SSSR count). The van der Waals surface area contributed by atoms with Gasteiger partial charge in [0.1, 0.15) is 6.10 Å². The van der Waals surface area contributed by atoms with Gasteiger partial charge in [0, 0.05) is 0 Å². The normalized spacial score (nSPS) is 13.6. The number of rotatable bonds is 47. The first-order valence-corrected chi connectivity index (χ1v) is 25.7. The summed E-state index contributed by atoms with van der Waals surface area (Å²) >= 11 is 0. The van der Waals surface area contributed by atoms with Gasteiger partial charge in [0.15, 0.2) is 0 Å². The van der Waals surface area contributed by atoms with Crippen LogP contribution in [0.5, 0.6) is 0 Å². The highest BCUT2D eigenvalue weighted by molar-refractivity contribution is 5.80. The van der Waals surface area contributed by atoms with Crippen LogP contribution in [0.15, 0.2) is 24.3 Å². The van der Waals surface area contributed by atoms with Crippen molar-refractivity contribution < 1.29 is 20.1 Å². The molecule has 0 aliphatic heterocycles. The number of amides is 1. The molecule has 0 radical (unpaired) electrons. The summed E-state index contributed by atoms with van der Waals surface area (Å²) in [7, 11) is 0. The maximum Gasteiger partial charge on any atom is 0.249 e. The lowest BCUT2D eigenvalue weighted by molar-refractivity contribution is -0.131. The molecule has 0 aromatic heterocycles. The molecular weight excluding hydrogens is 703 g/mol. The van der Waals surface area contributed by atoms with Crippen LogP contribution in [0, 0.1) is 0 Å². The fourth-order valence-corrected chi connectivity index (χ4v) is 8.01. The summed E-state index contributed by atoms with van der Waals surface area (Å²) in [6.45, 7) is 4.21. The monoisotopic (exact) mass is 804 g/mol. The molecule has 0 aliphatic carbocycles. The number of nitrogens with one attached hydrogen (secondary N) is 1. The highest BCUT2D eigenvalue weighted by Crippen LogP contribution is 2.16. The summed E-state index contributed by atoms with van der Waals surface area (Å²) in [6.07, 6.45) is 59.5. The van der Waals surface area contributed by atoms with Crippen molar-refractivity contribution in [1.29, 1.82) is 0 Å². The quantitative estimate of drug-likeness (QED) is 0.0364. The van der Waals surface area contributed by atoms with E-state index < -0.39 is 24.2 Å². The van der Waals surface area contributed by atoms with Crippen LogP contribution in [0.4, 0.5) is 0 Å². The van der Waals surface area contributed by atoms with Crippen LogP contribution in [0.2, 0.25) is 0 Å². The molecular formula is C52H101NO4. The molecule has 5 heteroatoms. The minimum Gasteiger partial charge on any atom is -0.394 e. The van der Waals surface area contributed by atoms with Gasteiger partial charge in [-0.2, -0.15) is 0 Å². The van der Waals surface area contributed by atoms with Crippen molar-refractivity contribution in [2.45, 2.75) is 295 Å². The highest BCUT2D eigenvalue weighted by atomic mass is 16.3. The summed E-state index contributed by atoms with van der Waals surface area (Å²) in [5.41, 5.74) is 0. The third-order valence-electron chi connectivity index (χ3n) is 12.0. The zero-order chi connectivity index (χ0) is 41.5. The molecule has 3 atom stereocenters. The third kappa shape index (κ3) is 42.8. The van der Waals surface area contributed by atoms with Gasteiger partial charge in [-0.1, -0.05) is 256 Å². The Hall–Kier alpha value is -1.17. The number of unbranched alkanes of at least 4 members (excludes halogenated alkanes) is 37. The Morgan fingerprint density at radius 3 is 1.02 bits per heavy atom. The maximum absolute atomic E-state index is 12.5. The van der Waals surface area contributed by atoms with E-state index in [2.05, 4.69) is 31.3 Å². The topological polar surface area (TPSA) is 89.8 Å². The Balaban J connectivity index is 3.60. The number of hydrogen-bond donors (Lipinski definition) is 4. The standard InChI is InChI=1S/C52H101NO4/c1-3-5-7-9-11-13-15-17-19-21-23-24-25-26-27-29-31-33-35-37-39-41-43-45-47-51(56)52(57)53-49(48-54)50(55)46-44-42-40-38-36-34-32-30-28-22-20-18-16-14-12-10-8-6-4-2/h26-27,44,46,49-51,54-56H,3-25,28-43,45,47-48H2,1-2H3,(H,53,57)/b27-26-,46-44+. The summed E-state index contributed by atoms with van der Waals surface area (Å²) in [4.78, 5) is 12.5. The SMILES string of the molecule is CCCCCCCCCCCCCC/C=C\CCCCCCCCCCC(O)C(=O)NC(CO)C(O)/C=C/CCCCCCCCCCCCCCCCCCC. The lowest BCUT2D eigenvalue weighted by Crippen LogP contribution is -2.48. The maximum atomic E-state index is 12.5. The second kappa shape index (κ2) is 47.5. The molecule has 0 heterocycles. The summed E-state index contributed by atoms with van der Waals surface area (Å²) in [5, 5.41) is 33.3.